The quantitative estimate of drug-likeness (QED) is 0.307. The van der Waals surface area contributed by atoms with Crippen LogP contribution in [0.5, 0.6) is 5.75 Å². The van der Waals surface area contributed by atoms with Crippen molar-refractivity contribution in [2.45, 2.75) is 13.0 Å². The first-order chi connectivity index (χ1) is 15.0. The second kappa shape index (κ2) is 10.9. The zero-order valence-corrected chi connectivity index (χ0v) is 17.1. The summed E-state index contributed by atoms with van der Waals surface area (Å²) in [5, 5.41) is 7.00. The molecule has 0 saturated carbocycles. The summed E-state index contributed by atoms with van der Waals surface area (Å²) in [7, 11) is 0. The van der Waals surface area contributed by atoms with Gasteiger partial charge in [0.15, 0.2) is 0 Å². The van der Waals surface area contributed by atoms with Crippen LogP contribution in [0.4, 0.5) is 10.1 Å². The molecule has 3 aromatic carbocycles. The molecule has 0 aliphatic rings. The van der Waals surface area contributed by atoms with Gasteiger partial charge in [0.1, 0.15) is 24.6 Å². The lowest BCUT2D eigenvalue weighted by molar-refractivity contribution is -0.126. The van der Waals surface area contributed by atoms with E-state index in [0.717, 1.165) is 11.1 Å². The maximum Gasteiger partial charge on any atom is 0.249 e. The third-order valence-corrected chi connectivity index (χ3v) is 4.30. The third kappa shape index (κ3) is 7.56. The van der Waals surface area contributed by atoms with E-state index < -0.39 is 11.8 Å². The van der Waals surface area contributed by atoms with Crippen molar-refractivity contribution in [1.29, 1.82) is 0 Å². The molecule has 3 aromatic rings. The Morgan fingerprint density at radius 3 is 2.29 bits per heavy atom. The summed E-state index contributed by atoms with van der Waals surface area (Å²) in [5.74, 6) is -0.648. The Bertz CT molecular complexity index is 1050. The largest absolute Gasteiger partial charge is 0.489 e. The first kappa shape index (κ1) is 22.0. The molecule has 6 nitrogen and oxygen atoms in total. The van der Waals surface area contributed by atoms with Gasteiger partial charge < -0.3 is 10.1 Å². The monoisotopic (exact) mass is 439 g/mol. The highest BCUT2D eigenvalue weighted by molar-refractivity contribution is 6.30. The molecule has 0 aliphatic carbocycles. The summed E-state index contributed by atoms with van der Waals surface area (Å²) in [6.45, 7) is 0.321. The van der Waals surface area contributed by atoms with Gasteiger partial charge in [0.25, 0.3) is 0 Å². The van der Waals surface area contributed by atoms with E-state index in [9.17, 15) is 14.0 Å². The molecule has 0 radical (unpaired) electrons. The first-order valence-electron chi connectivity index (χ1n) is 9.32. The number of carbonyl (C=O) groups is 2. The Morgan fingerprint density at radius 2 is 1.61 bits per heavy atom. The predicted octanol–water partition coefficient (Wildman–Crippen LogP) is 4.54. The summed E-state index contributed by atoms with van der Waals surface area (Å²) in [5.41, 5.74) is 4.45. The highest BCUT2D eigenvalue weighted by atomic mass is 35.5. The lowest BCUT2D eigenvalue weighted by Gasteiger charge is -2.06. The standard InChI is InChI=1S/C23H19ClFN3O3/c24-18-5-9-20(10-6-18)27-22(29)13-23(30)28-26-14-16-3-11-21(12-4-16)31-15-17-1-7-19(25)8-2-17/h1-12,14H,13,15H2,(H,27,29)(H,28,30). The van der Waals surface area contributed by atoms with Crippen LogP contribution in [0, 0.1) is 5.82 Å². The van der Waals surface area contributed by atoms with Gasteiger partial charge in [0, 0.05) is 10.7 Å². The third-order valence-electron chi connectivity index (χ3n) is 4.05. The number of ether oxygens (including phenoxy) is 1. The number of benzene rings is 3. The average Bonchev–Trinajstić information content (AvgIpc) is 2.76. The van der Waals surface area contributed by atoms with Crippen LogP contribution in [0.15, 0.2) is 77.9 Å². The molecular formula is C23H19ClFN3O3. The van der Waals surface area contributed by atoms with Crippen molar-refractivity contribution in [1.82, 2.24) is 5.43 Å². The van der Waals surface area contributed by atoms with E-state index in [0.29, 0.717) is 23.1 Å². The minimum atomic E-state index is -0.540. The van der Waals surface area contributed by atoms with Crippen LogP contribution in [0.3, 0.4) is 0 Å². The van der Waals surface area contributed by atoms with Crippen LogP contribution in [0.25, 0.3) is 0 Å². The number of halogens is 2. The van der Waals surface area contributed by atoms with Crippen LogP contribution < -0.4 is 15.5 Å². The Hall–Kier alpha value is -3.71. The highest BCUT2D eigenvalue weighted by Crippen LogP contribution is 2.14. The molecule has 0 bridgehead atoms. The van der Waals surface area contributed by atoms with Gasteiger partial charge in [0.2, 0.25) is 11.8 Å². The lowest BCUT2D eigenvalue weighted by atomic mass is 10.2. The summed E-state index contributed by atoms with van der Waals surface area (Å²) >= 11 is 5.78. The predicted molar refractivity (Wildman–Crippen MR) is 118 cm³/mol. The number of hydrazone groups is 1. The Kier molecular flexibility index (Phi) is 7.73. The molecule has 31 heavy (non-hydrogen) atoms. The second-order valence-corrected chi connectivity index (χ2v) is 6.95. The molecule has 3 rings (SSSR count). The van der Waals surface area contributed by atoms with Crippen molar-refractivity contribution < 1.29 is 18.7 Å². The topological polar surface area (TPSA) is 79.8 Å². The number of hydrogen-bond donors (Lipinski definition) is 2. The average molecular weight is 440 g/mol. The molecule has 0 saturated heterocycles. The van der Waals surface area contributed by atoms with Crippen molar-refractivity contribution in [3.8, 4) is 5.75 Å². The maximum atomic E-state index is 12.9. The molecule has 0 fully saturated rings. The fraction of sp³-hybridized carbons (Fsp3) is 0.0870. The first-order valence-corrected chi connectivity index (χ1v) is 9.70. The fourth-order valence-corrected chi connectivity index (χ4v) is 2.63. The van der Waals surface area contributed by atoms with Gasteiger partial charge in [-0.2, -0.15) is 5.10 Å². The van der Waals surface area contributed by atoms with Gasteiger partial charge in [-0.3, -0.25) is 9.59 Å². The SMILES string of the molecule is O=C(CC(=O)Nc1ccc(Cl)cc1)NN=Cc1ccc(OCc2ccc(F)cc2)cc1. The van der Waals surface area contributed by atoms with Gasteiger partial charge in [0.05, 0.1) is 6.21 Å². The molecule has 0 aromatic heterocycles. The van der Waals surface area contributed by atoms with E-state index in [2.05, 4.69) is 15.8 Å². The normalized spacial score (nSPS) is 10.6. The number of hydrogen-bond acceptors (Lipinski definition) is 4. The smallest absolute Gasteiger partial charge is 0.249 e. The van der Waals surface area contributed by atoms with E-state index >= 15 is 0 Å². The number of nitrogens with one attached hydrogen (secondary N) is 2. The van der Waals surface area contributed by atoms with Crippen LogP contribution in [-0.4, -0.2) is 18.0 Å². The van der Waals surface area contributed by atoms with Crippen LogP contribution >= 0.6 is 11.6 Å². The fourth-order valence-electron chi connectivity index (χ4n) is 2.50. The molecule has 0 heterocycles. The lowest BCUT2D eigenvalue weighted by Crippen LogP contribution is -2.24. The highest BCUT2D eigenvalue weighted by Gasteiger charge is 2.09. The van der Waals surface area contributed by atoms with Crippen LogP contribution in [0.1, 0.15) is 17.5 Å². The number of anilines is 1. The van der Waals surface area contributed by atoms with Crippen LogP contribution in [-0.2, 0) is 16.2 Å². The number of rotatable bonds is 8. The Morgan fingerprint density at radius 1 is 0.935 bits per heavy atom. The zero-order valence-electron chi connectivity index (χ0n) is 16.3. The van der Waals surface area contributed by atoms with Gasteiger partial charge in [-0.1, -0.05) is 23.7 Å². The van der Waals surface area contributed by atoms with Gasteiger partial charge >= 0.3 is 0 Å². The van der Waals surface area contributed by atoms with Gasteiger partial charge in [-0.25, -0.2) is 9.82 Å². The summed E-state index contributed by atoms with van der Waals surface area (Å²) < 4.78 is 18.5. The summed E-state index contributed by atoms with van der Waals surface area (Å²) in [6, 6.07) is 19.7. The maximum absolute atomic E-state index is 12.9. The summed E-state index contributed by atoms with van der Waals surface area (Å²) in [4.78, 5) is 23.7. The number of carbonyl (C=O) groups excluding carboxylic acids is 2. The molecule has 0 spiro atoms. The molecule has 8 heteroatoms. The van der Waals surface area contributed by atoms with E-state index in [1.54, 1.807) is 60.7 Å². The molecular weight excluding hydrogens is 421 g/mol. The van der Waals surface area contributed by atoms with Crippen LogP contribution in [0.2, 0.25) is 5.02 Å². The van der Waals surface area contributed by atoms with Crippen molar-refractivity contribution in [3.05, 3.63) is 94.8 Å². The molecule has 0 atom stereocenters. The number of nitrogens with zero attached hydrogens (tertiary/aromatic N) is 1. The van der Waals surface area contributed by atoms with Crippen molar-refractivity contribution >= 4 is 35.3 Å². The van der Waals surface area contributed by atoms with Gasteiger partial charge in [-0.05, 0) is 71.8 Å². The molecule has 0 aliphatic heterocycles. The van der Waals surface area contributed by atoms with Crippen molar-refractivity contribution in [2.24, 2.45) is 5.10 Å². The van der Waals surface area contributed by atoms with E-state index in [1.165, 1.54) is 18.3 Å². The van der Waals surface area contributed by atoms with E-state index in [-0.39, 0.29) is 12.2 Å². The van der Waals surface area contributed by atoms with Crippen molar-refractivity contribution in [3.63, 3.8) is 0 Å². The zero-order chi connectivity index (χ0) is 22.1. The molecule has 0 unspecified atom stereocenters. The second-order valence-electron chi connectivity index (χ2n) is 6.51. The molecule has 2 N–H and O–H groups in total. The summed E-state index contributed by atoms with van der Waals surface area (Å²) in [6.07, 6.45) is 1.09. The van der Waals surface area contributed by atoms with E-state index in [1.807, 2.05) is 0 Å². The molecule has 158 valence electrons. The minimum Gasteiger partial charge on any atom is -0.489 e. The molecule has 2 amide bonds. The van der Waals surface area contributed by atoms with Crippen molar-refractivity contribution in [2.75, 3.05) is 5.32 Å². The van der Waals surface area contributed by atoms with Gasteiger partial charge in [-0.15, -0.1) is 0 Å². The van der Waals surface area contributed by atoms with E-state index in [4.69, 9.17) is 16.3 Å². The minimum absolute atomic E-state index is 0.290. The Balaban J connectivity index is 1.41. The number of amides is 2. The Labute approximate surface area is 183 Å².